The molecule has 1 rings (SSSR count). The Hall–Kier alpha value is -1.34. The lowest BCUT2D eigenvalue weighted by Crippen LogP contribution is -2.24. The zero-order chi connectivity index (χ0) is 15.0. The summed E-state index contributed by atoms with van der Waals surface area (Å²) in [6.45, 7) is 6.56. The van der Waals surface area contributed by atoms with Crippen molar-refractivity contribution in [1.29, 1.82) is 0 Å². The van der Waals surface area contributed by atoms with Crippen molar-refractivity contribution in [3.8, 4) is 0 Å². The van der Waals surface area contributed by atoms with Gasteiger partial charge < -0.3 is 21.1 Å². The Morgan fingerprint density at radius 2 is 2.05 bits per heavy atom. The molecule has 7 heteroatoms. The van der Waals surface area contributed by atoms with Crippen molar-refractivity contribution >= 4 is 28.2 Å². The minimum Gasteiger partial charge on any atom is -0.396 e. The zero-order valence-electron chi connectivity index (χ0n) is 12.2. The first-order valence-corrected chi connectivity index (χ1v) is 7.85. The summed E-state index contributed by atoms with van der Waals surface area (Å²) in [6.07, 6.45) is 2.53. The first-order valence-electron chi connectivity index (χ1n) is 7.04. The Morgan fingerprint density at radius 1 is 1.35 bits per heavy atom. The molecule has 6 nitrogen and oxygen atoms in total. The van der Waals surface area contributed by atoms with Crippen molar-refractivity contribution in [3.63, 3.8) is 0 Å². The molecule has 0 radical (unpaired) electrons. The van der Waals surface area contributed by atoms with Crippen LogP contribution in [0.3, 0.4) is 0 Å². The summed E-state index contributed by atoms with van der Waals surface area (Å²) >= 11 is 1.33. The third kappa shape index (κ3) is 4.64. The van der Waals surface area contributed by atoms with E-state index in [-0.39, 0.29) is 12.5 Å². The highest BCUT2D eigenvalue weighted by Crippen LogP contribution is 2.27. The number of anilines is 2. The van der Waals surface area contributed by atoms with Gasteiger partial charge in [0, 0.05) is 26.2 Å². The third-order valence-electron chi connectivity index (χ3n) is 3.00. The van der Waals surface area contributed by atoms with Gasteiger partial charge in [-0.2, -0.15) is 0 Å². The number of thiazole rings is 1. The van der Waals surface area contributed by atoms with E-state index in [1.807, 2.05) is 13.8 Å². The number of nitrogen functional groups attached to an aromatic ring is 1. The number of hydrogen-bond acceptors (Lipinski definition) is 6. The van der Waals surface area contributed by atoms with Gasteiger partial charge >= 0.3 is 0 Å². The van der Waals surface area contributed by atoms with Gasteiger partial charge in [0.15, 0.2) is 5.13 Å². The number of nitrogens with zero attached hydrogens (tertiary/aromatic N) is 2. The molecule has 0 atom stereocenters. The maximum Gasteiger partial charge on any atom is 0.265 e. The Morgan fingerprint density at radius 3 is 2.65 bits per heavy atom. The van der Waals surface area contributed by atoms with Crippen LogP contribution in [0, 0.1) is 0 Å². The van der Waals surface area contributed by atoms with Gasteiger partial charge in [-0.1, -0.05) is 11.3 Å². The summed E-state index contributed by atoms with van der Waals surface area (Å²) < 4.78 is 0. The van der Waals surface area contributed by atoms with E-state index in [1.165, 1.54) is 11.3 Å². The number of aromatic nitrogens is 1. The number of rotatable bonds is 9. The fraction of sp³-hybridized carbons (Fsp3) is 0.692. The standard InChI is InChI=1S/C13H24N4O2S/c1-3-17(4-2)13-16-11(14)10(20-13)12(19)15-8-6-5-7-9-18/h18H,3-9,14H2,1-2H3,(H,15,19). The van der Waals surface area contributed by atoms with E-state index in [2.05, 4.69) is 15.2 Å². The zero-order valence-corrected chi connectivity index (χ0v) is 13.0. The minimum atomic E-state index is -0.164. The number of aliphatic hydroxyl groups excluding tert-OH is 1. The molecule has 1 aromatic heterocycles. The Bertz CT molecular complexity index is 419. The second kappa shape index (κ2) is 8.76. The quantitative estimate of drug-likeness (QED) is 0.601. The van der Waals surface area contributed by atoms with Gasteiger partial charge in [0.05, 0.1) is 0 Å². The molecular formula is C13H24N4O2S. The highest BCUT2D eigenvalue weighted by molar-refractivity contribution is 7.18. The molecule has 0 aromatic carbocycles. The molecule has 0 saturated heterocycles. The lowest BCUT2D eigenvalue weighted by Gasteiger charge is -2.16. The molecule has 4 N–H and O–H groups in total. The Balaban J connectivity index is 2.55. The first kappa shape index (κ1) is 16.7. The number of nitrogens with one attached hydrogen (secondary N) is 1. The molecule has 0 unspecified atom stereocenters. The van der Waals surface area contributed by atoms with E-state index in [9.17, 15) is 4.79 Å². The van der Waals surface area contributed by atoms with Crippen LogP contribution in [-0.2, 0) is 0 Å². The number of carbonyl (C=O) groups excluding carboxylic acids is 1. The van der Waals surface area contributed by atoms with Gasteiger partial charge in [-0.25, -0.2) is 4.98 Å². The van der Waals surface area contributed by atoms with Gasteiger partial charge in [0.2, 0.25) is 0 Å². The fourth-order valence-electron chi connectivity index (χ4n) is 1.81. The molecule has 0 bridgehead atoms. The molecule has 0 fully saturated rings. The van der Waals surface area contributed by atoms with Gasteiger partial charge in [-0.3, -0.25) is 4.79 Å². The van der Waals surface area contributed by atoms with Gasteiger partial charge in [-0.05, 0) is 33.1 Å². The van der Waals surface area contributed by atoms with E-state index in [4.69, 9.17) is 10.8 Å². The molecule has 20 heavy (non-hydrogen) atoms. The summed E-state index contributed by atoms with van der Waals surface area (Å²) in [6, 6.07) is 0. The molecule has 0 spiro atoms. The van der Waals surface area contributed by atoms with Crippen LogP contribution in [0.15, 0.2) is 0 Å². The van der Waals surface area contributed by atoms with E-state index in [1.54, 1.807) is 0 Å². The number of amides is 1. The number of nitrogens with two attached hydrogens (primary N) is 1. The van der Waals surface area contributed by atoms with Crippen molar-refractivity contribution in [3.05, 3.63) is 4.88 Å². The van der Waals surface area contributed by atoms with Crippen molar-refractivity contribution in [2.75, 3.05) is 36.9 Å². The van der Waals surface area contributed by atoms with Crippen LogP contribution in [0.1, 0.15) is 42.8 Å². The summed E-state index contributed by atoms with van der Waals surface area (Å²) in [5, 5.41) is 12.3. The minimum absolute atomic E-state index is 0.164. The van der Waals surface area contributed by atoms with Crippen molar-refractivity contribution in [2.45, 2.75) is 33.1 Å². The van der Waals surface area contributed by atoms with E-state index in [0.717, 1.165) is 37.5 Å². The van der Waals surface area contributed by atoms with Crippen LogP contribution >= 0.6 is 11.3 Å². The average molecular weight is 300 g/mol. The summed E-state index contributed by atoms with van der Waals surface area (Å²) in [4.78, 5) is 18.8. The summed E-state index contributed by atoms with van der Waals surface area (Å²) in [5.74, 6) is 0.132. The molecule has 114 valence electrons. The first-order chi connectivity index (χ1) is 9.63. The number of unbranched alkanes of at least 4 members (excludes halogenated alkanes) is 2. The average Bonchev–Trinajstić information content (AvgIpc) is 2.82. The predicted octanol–water partition coefficient (Wildman–Crippen LogP) is 1.46. The van der Waals surface area contributed by atoms with Gasteiger partial charge in [0.1, 0.15) is 10.7 Å². The van der Waals surface area contributed by atoms with E-state index >= 15 is 0 Å². The largest absolute Gasteiger partial charge is 0.396 e. The number of hydrogen-bond donors (Lipinski definition) is 3. The second-order valence-corrected chi connectivity index (χ2v) is 5.40. The van der Waals surface area contributed by atoms with Crippen molar-refractivity contribution in [2.24, 2.45) is 0 Å². The maximum atomic E-state index is 12.0. The molecule has 0 aliphatic heterocycles. The lowest BCUT2D eigenvalue weighted by atomic mass is 10.2. The maximum absolute atomic E-state index is 12.0. The van der Waals surface area contributed by atoms with Gasteiger partial charge in [-0.15, -0.1) is 0 Å². The molecule has 0 aliphatic rings. The number of carbonyl (C=O) groups is 1. The molecule has 1 aromatic rings. The summed E-state index contributed by atoms with van der Waals surface area (Å²) in [7, 11) is 0. The normalized spacial score (nSPS) is 10.6. The highest BCUT2D eigenvalue weighted by Gasteiger charge is 2.17. The monoisotopic (exact) mass is 300 g/mol. The molecule has 0 saturated carbocycles. The number of aliphatic hydroxyl groups is 1. The third-order valence-corrected chi connectivity index (χ3v) is 4.13. The molecule has 1 heterocycles. The van der Waals surface area contributed by atoms with E-state index in [0.29, 0.717) is 17.2 Å². The van der Waals surface area contributed by atoms with Crippen LogP contribution in [0.5, 0.6) is 0 Å². The fourth-order valence-corrected chi connectivity index (χ4v) is 2.84. The Labute approximate surface area is 124 Å². The smallest absolute Gasteiger partial charge is 0.265 e. The van der Waals surface area contributed by atoms with E-state index < -0.39 is 0 Å². The highest BCUT2D eigenvalue weighted by atomic mass is 32.1. The van der Waals surface area contributed by atoms with Crippen LogP contribution in [0.4, 0.5) is 10.9 Å². The lowest BCUT2D eigenvalue weighted by molar-refractivity contribution is 0.0957. The molecular weight excluding hydrogens is 276 g/mol. The molecule has 0 aliphatic carbocycles. The summed E-state index contributed by atoms with van der Waals surface area (Å²) in [5.41, 5.74) is 5.82. The van der Waals surface area contributed by atoms with Crippen LogP contribution < -0.4 is 16.0 Å². The van der Waals surface area contributed by atoms with Crippen LogP contribution in [0.25, 0.3) is 0 Å². The second-order valence-electron chi connectivity index (χ2n) is 4.42. The van der Waals surface area contributed by atoms with Crippen LogP contribution in [-0.4, -0.2) is 42.2 Å². The predicted molar refractivity (Wildman–Crippen MR) is 83.4 cm³/mol. The van der Waals surface area contributed by atoms with Crippen molar-refractivity contribution in [1.82, 2.24) is 10.3 Å². The SMILES string of the molecule is CCN(CC)c1nc(N)c(C(=O)NCCCCCO)s1. The Kier molecular flexibility index (Phi) is 7.32. The van der Waals surface area contributed by atoms with Gasteiger partial charge in [0.25, 0.3) is 5.91 Å². The topological polar surface area (TPSA) is 91.5 Å². The van der Waals surface area contributed by atoms with Crippen LogP contribution in [0.2, 0.25) is 0 Å². The van der Waals surface area contributed by atoms with Crippen molar-refractivity contribution < 1.29 is 9.90 Å². The molecule has 1 amide bonds.